The van der Waals surface area contributed by atoms with Crippen molar-refractivity contribution in [3.8, 4) is 0 Å². The zero-order chi connectivity index (χ0) is 22.5. The van der Waals surface area contributed by atoms with Crippen molar-refractivity contribution < 1.29 is 27.1 Å². The SMILES string of the molecule is O=c1oc2ccc([N+](=O)[O-])cc2cc1S(=O)(=O)c1cc2cc([N+](=O)[O-])ccc2oc1=O. The third kappa shape index (κ3) is 3.32. The van der Waals surface area contributed by atoms with Gasteiger partial charge in [0.25, 0.3) is 11.4 Å². The minimum absolute atomic E-state index is 0.0619. The van der Waals surface area contributed by atoms with Crippen LogP contribution >= 0.6 is 0 Å². The van der Waals surface area contributed by atoms with Gasteiger partial charge in [0, 0.05) is 35.0 Å². The minimum atomic E-state index is -4.80. The molecular formula is C18H8N2O10S. The van der Waals surface area contributed by atoms with Crippen LogP contribution in [0.1, 0.15) is 0 Å². The van der Waals surface area contributed by atoms with Crippen molar-refractivity contribution in [1.82, 2.24) is 0 Å². The molecule has 2 aromatic heterocycles. The average Bonchev–Trinajstić information content (AvgIpc) is 2.71. The zero-order valence-electron chi connectivity index (χ0n) is 15.0. The summed E-state index contributed by atoms with van der Waals surface area (Å²) in [7, 11) is -4.80. The molecule has 4 rings (SSSR count). The normalized spacial score (nSPS) is 11.6. The maximum Gasteiger partial charge on any atom is 0.355 e. The van der Waals surface area contributed by atoms with E-state index in [1.54, 1.807) is 0 Å². The lowest BCUT2D eigenvalue weighted by molar-refractivity contribution is -0.384. The summed E-state index contributed by atoms with van der Waals surface area (Å²) < 4.78 is 35.9. The molecule has 31 heavy (non-hydrogen) atoms. The monoisotopic (exact) mass is 444 g/mol. The fourth-order valence-corrected chi connectivity index (χ4v) is 4.23. The van der Waals surface area contributed by atoms with Crippen LogP contribution in [0.25, 0.3) is 21.9 Å². The number of rotatable bonds is 4. The number of hydrogen-bond donors (Lipinski definition) is 0. The van der Waals surface area contributed by atoms with Crippen LogP contribution in [0.2, 0.25) is 0 Å². The molecular weight excluding hydrogens is 436 g/mol. The van der Waals surface area contributed by atoms with Gasteiger partial charge < -0.3 is 8.83 Å². The highest BCUT2D eigenvalue weighted by atomic mass is 32.2. The molecule has 0 amide bonds. The second-order valence-electron chi connectivity index (χ2n) is 6.26. The van der Waals surface area contributed by atoms with Gasteiger partial charge in [0.2, 0.25) is 9.84 Å². The van der Waals surface area contributed by atoms with E-state index < -0.39 is 40.7 Å². The molecule has 0 bridgehead atoms. The first kappa shape index (κ1) is 19.9. The van der Waals surface area contributed by atoms with E-state index in [0.717, 1.165) is 48.5 Å². The molecule has 0 radical (unpaired) electrons. The summed E-state index contributed by atoms with van der Waals surface area (Å²) in [5, 5.41) is 21.8. The van der Waals surface area contributed by atoms with Crippen LogP contribution in [0.3, 0.4) is 0 Å². The van der Waals surface area contributed by atoms with Crippen LogP contribution in [0.5, 0.6) is 0 Å². The molecule has 2 aromatic carbocycles. The van der Waals surface area contributed by atoms with Gasteiger partial charge in [-0.2, -0.15) is 0 Å². The number of sulfone groups is 1. The minimum Gasteiger partial charge on any atom is -0.422 e. The lowest BCUT2D eigenvalue weighted by Crippen LogP contribution is -2.20. The van der Waals surface area contributed by atoms with E-state index in [0.29, 0.717) is 0 Å². The largest absolute Gasteiger partial charge is 0.422 e. The maximum absolute atomic E-state index is 13.0. The summed E-state index contributed by atoms with van der Waals surface area (Å²) >= 11 is 0. The topological polar surface area (TPSA) is 181 Å². The highest BCUT2D eigenvalue weighted by Crippen LogP contribution is 2.26. The Morgan fingerprint density at radius 1 is 0.677 bits per heavy atom. The summed E-state index contributed by atoms with van der Waals surface area (Å²) in [6, 6.07) is 8.12. The van der Waals surface area contributed by atoms with Crippen LogP contribution in [0, 0.1) is 20.2 Å². The summed E-state index contributed by atoms with van der Waals surface area (Å²) in [6.07, 6.45) is 0. The van der Waals surface area contributed by atoms with Gasteiger partial charge in [0.1, 0.15) is 11.2 Å². The molecule has 0 atom stereocenters. The number of nitrogens with zero attached hydrogens (tertiary/aromatic N) is 2. The van der Waals surface area contributed by atoms with Crippen molar-refractivity contribution in [1.29, 1.82) is 0 Å². The van der Waals surface area contributed by atoms with E-state index in [1.807, 2.05) is 0 Å². The number of benzene rings is 2. The predicted molar refractivity (Wildman–Crippen MR) is 104 cm³/mol. The summed E-state index contributed by atoms with van der Waals surface area (Å²) in [4.78, 5) is 43.2. The van der Waals surface area contributed by atoms with E-state index in [2.05, 4.69) is 0 Å². The molecule has 0 unspecified atom stereocenters. The number of nitro benzene ring substituents is 2. The Labute approximate surface area is 170 Å². The molecule has 0 saturated carbocycles. The van der Waals surface area contributed by atoms with E-state index >= 15 is 0 Å². The van der Waals surface area contributed by atoms with Gasteiger partial charge in [-0.25, -0.2) is 18.0 Å². The highest BCUT2D eigenvalue weighted by molar-refractivity contribution is 7.91. The molecule has 0 aliphatic rings. The zero-order valence-corrected chi connectivity index (χ0v) is 15.8. The predicted octanol–water partition coefficient (Wildman–Crippen LogP) is 2.55. The molecule has 156 valence electrons. The molecule has 0 spiro atoms. The Hall–Kier alpha value is -4.39. The van der Waals surface area contributed by atoms with Gasteiger partial charge in [-0.05, 0) is 24.3 Å². The molecule has 0 aliphatic heterocycles. The van der Waals surface area contributed by atoms with E-state index in [-0.39, 0.29) is 33.3 Å². The second kappa shape index (κ2) is 6.84. The summed E-state index contributed by atoms with van der Waals surface area (Å²) in [5.74, 6) is 0. The first-order valence-corrected chi connectivity index (χ1v) is 9.76. The van der Waals surface area contributed by atoms with E-state index in [1.165, 1.54) is 0 Å². The fourth-order valence-electron chi connectivity index (χ4n) is 2.90. The Bertz CT molecular complexity index is 1530. The van der Waals surface area contributed by atoms with Gasteiger partial charge in [-0.3, -0.25) is 20.2 Å². The van der Waals surface area contributed by atoms with Crippen molar-refractivity contribution in [2.24, 2.45) is 0 Å². The lowest BCUT2D eigenvalue weighted by Gasteiger charge is -2.05. The van der Waals surface area contributed by atoms with Crippen molar-refractivity contribution in [3.05, 3.63) is 89.6 Å². The highest BCUT2D eigenvalue weighted by Gasteiger charge is 2.28. The lowest BCUT2D eigenvalue weighted by atomic mass is 10.2. The van der Waals surface area contributed by atoms with Crippen molar-refractivity contribution >= 4 is 43.2 Å². The number of hydrogen-bond acceptors (Lipinski definition) is 10. The van der Waals surface area contributed by atoms with Crippen molar-refractivity contribution in [2.45, 2.75) is 9.79 Å². The van der Waals surface area contributed by atoms with Crippen LogP contribution in [0.15, 0.2) is 76.7 Å². The van der Waals surface area contributed by atoms with Gasteiger partial charge in [0.05, 0.1) is 9.85 Å². The standard InChI is InChI=1S/C18H8N2O10S/c21-17-15(7-9-5-11(19(23)24)1-3-13(9)29-17)31(27,28)16-8-10-6-12(20(25)26)2-4-14(10)30-18(16)22/h1-8H. The Morgan fingerprint density at radius 2 is 1.06 bits per heavy atom. The maximum atomic E-state index is 13.0. The molecule has 12 nitrogen and oxygen atoms in total. The van der Waals surface area contributed by atoms with Gasteiger partial charge in [0.15, 0.2) is 9.79 Å². The molecule has 13 heteroatoms. The van der Waals surface area contributed by atoms with Crippen LogP contribution in [0.4, 0.5) is 11.4 Å². The average molecular weight is 444 g/mol. The molecule has 0 saturated heterocycles. The third-order valence-corrected chi connectivity index (χ3v) is 6.10. The smallest absolute Gasteiger partial charge is 0.355 e. The van der Waals surface area contributed by atoms with Crippen molar-refractivity contribution in [3.63, 3.8) is 0 Å². The molecule has 0 N–H and O–H groups in total. The van der Waals surface area contributed by atoms with Crippen LogP contribution in [-0.4, -0.2) is 18.3 Å². The van der Waals surface area contributed by atoms with Gasteiger partial charge >= 0.3 is 11.3 Å². The first-order valence-electron chi connectivity index (χ1n) is 8.27. The third-order valence-electron chi connectivity index (χ3n) is 4.37. The summed E-state index contributed by atoms with van der Waals surface area (Å²) in [5.41, 5.74) is -3.56. The number of non-ortho nitro benzene ring substituents is 2. The quantitative estimate of drug-likeness (QED) is 0.258. The van der Waals surface area contributed by atoms with Crippen LogP contribution < -0.4 is 11.3 Å². The molecule has 0 aliphatic carbocycles. The second-order valence-corrected chi connectivity index (χ2v) is 8.14. The fraction of sp³-hybridized carbons (Fsp3) is 0. The Morgan fingerprint density at radius 3 is 1.42 bits per heavy atom. The Kier molecular flexibility index (Phi) is 4.39. The van der Waals surface area contributed by atoms with Gasteiger partial charge in [-0.15, -0.1) is 0 Å². The first-order chi connectivity index (χ1) is 14.6. The summed E-state index contributed by atoms with van der Waals surface area (Å²) in [6.45, 7) is 0. The Balaban J connectivity index is 1.97. The number of nitro groups is 2. The molecule has 0 fully saturated rings. The number of fused-ring (bicyclic) bond motifs is 2. The van der Waals surface area contributed by atoms with Crippen molar-refractivity contribution in [2.75, 3.05) is 0 Å². The van der Waals surface area contributed by atoms with E-state index in [9.17, 15) is 38.2 Å². The molecule has 2 heterocycles. The van der Waals surface area contributed by atoms with Gasteiger partial charge in [-0.1, -0.05) is 0 Å². The van der Waals surface area contributed by atoms with E-state index in [4.69, 9.17) is 8.83 Å². The van der Waals surface area contributed by atoms with Crippen LogP contribution in [-0.2, 0) is 9.84 Å². The molecule has 4 aromatic rings.